The summed E-state index contributed by atoms with van der Waals surface area (Å²) in [7, 11) is 0. The second-order valence-electron chi connectivity index (χ2n) is 4.01. The lowest BCUT2D eigenvalue weighted by Crippen LogP contribution is -2.39. The normalized spacial score (nSPS) is 11.0. The molecule has 2 rings (SSSR count). The van der Waals surface area contributed by atoms with Crippen LogP contribution >= 0.6 is 23.2 Å². The lowest BCUT2D eigenvalue weighted by Gasteiger charge is -2.07. The third-order valence-electron chi connectivity index (χ3n) is 2.44. The van der Waals surface area contributed by atoms with E-state index < -0.39 is 6.03 Å². The number of anilines is 1. The van der Waals surface area contributed by atoms with Crippen molar-refractivity contribution < 1.29 is 4.79 Å². The largest absolute Gasteiger partial charge is 0.369 e. The maximum atomic E-state index is 11.7. The Morgan fingerprint density at radius 1 is 1.00 bits per heavy atom. The number of aliphatic imine (C=N–C) groups is 1. The van der Waals surface area contributed by atoms with Gasteiger partial charge in [-0.1, -0.05) is 47.5 Å². The third-order valence-corrected chi connectivity index (χ3v) is 3.05. The number of nitrogens with zero attached hydrogens (tertiary/aromatic N) is 1. The Balaban J connectivity index is 2.05. The average molecular weight is 323 g/mol. The van der Waals surface area contributed by atoms with Gasteiger partial charge in [0.25, 0.3) is 0 Å². The number of urea groups is 1. The van der Waals surface area contributed by atoms with Gasteiger partial charge in [0.1, 0.15) is 5.69 Å². The van der Waals surface area contributed by atoms with Crippen molar-refractivity contribution >= 4 is 46.6 Å². The summed E-state index contributed by atoms with van der Waals surface area (Å²) in [5.41, 5.74) is 6.60. The van der Waals surface area contributed by atoms with Gasteiger partial charge in [-0.3, -0.25) is 5.32 Å². The quantitative estimate of drug-likeness (QED) is 0.581. The number of amides is 2. The van der Waals surface area contributed by atoms with Crippen LogP contribution in [-0.4, -0.2) is 12.0 Å². The number of nitrogens with one attached hydrogen (secondary N) is 2. The molecule has 0 fully saturated rings. The molecular weight excluding hydrogens is 311 g/mol. The van der Waals surface area contributed by atoms with Crippen molar-refractivity contribution in [1.82, 2.24) is 5.32 Å². The van der Waals surface area contributed by atoms with Gasteiger partial charge in [0.2, 0.25) is 5.96 Å². The topological polar surface area (TPSA) is 79.5 Å². The summed E-state index contributed by atoms with van der Waals surface area (Å²) in [4.78, 5) is 15.7. The van der Waals surface area contributed by atoms with E-state index in [1.165, 1.54) is 0 Å². The van der Waals surface area contributed by atoms with E-state index in [-0.39, 0.29) is 5.96 Å². The fourth-order valence-electron chi connectivity index (χ4n) is 1.54. The molecule has 21 heavy (non-hydrogen) atoms. The molecule has 0 heterocycles. The average Bonchev–Trinajstić information content (AvgIpc) is 2.44. The monoisotopic (exact) mass is 322 g/mol. The Kier molecular flexibility index (Phi) is 5.03. The Labute approximate surface area is 131 Å². The fraction of sp³-hybridized carbons (Fsp3) is 0. The number of hydrogen-bond acceptors (Lipinski definition) is 2. The molecule has 0 spiro atoms. The Hall–Kier alpha value is -2.24. The molecule has 0 aliphatic carbocycles. The maximum Gasteiger partial charge on any atom is 0.325 e. The third kappa shape index (κ3) is 4.37. The van der Waals surface area contributed by atoms with E-state index in [4.69, 9.17) is 28.9 Å². The number of carbonyl (C=O) groups excluding carboxylic acids is 1. The molecule has 0 aliphatic heterocycles. The predicted molar refractivity (Wildman–Crippen MR) is 86.3 cm³/mol. The molecule has 0 aromatic heterocycles. The highest BCUT2D eigenvalue weighted by molar-refractivity contribution is 6.38. The Morgan fingerprint density at radius 2 is 1.62 bits per heavy atom. The van der Waals surface area contributed by atoms with Crippen molar-refractivity contribution in [3.05, 3.63) is 58.6 Å². The molecule has 0 atom stereocenters. The van der Waals surface area contributed by atoms with Crippen molar-refractivity contribution in [2.75, 3.05) is 5.32 Å². The fourth-order valence-corrected chi connectivity index (χ4v) is 2.03. The molecule has 0 unspecified atom stereocenters. The molecule has 0 aliphatic rings. The zero-order chi connectivity index (χ0) is 15.2. The van der Waals surface area contributed by atoms with Gasteiger partial charge in [-0.15, -0.1) is 0 Å². The number of halogens is 2. The molecule has 0 radical (unpaired) electrons. The second kappa shape index (κ2) is 6.97. The molecule has 0 saturated heterocycles. The number of hydrogen-bond donors (Lipinski definition) is 3. The van der Waals surface area contributed by atoms with Crippen LogP contribution < -0.4 is 16.4 Å². The first-order valence-corrected chi connectivity index (χ1v) is 6.73. The van der Waals surface area contributed by atoms with Crippen molar-refractivity contribution in [3.8, 4) is 0 Å². The summed E-state index contributed by atoms with van der Waals surface area (Å²) in [6.45, 7) is 0. The van der Waals surface area contributed by atoms with Crippen LogP contribution in [0.2, 0.25) is 10.0 Å². The van der Waals surface area contributed by atoms with Crippen LogP contribution in [0.25, 0.3) is 0 Å². The highest BCUT2D eigenvalue weighted by Gasteiger charge is 2.07. The van der Waals surface area contributed by atoms with Crippen LogP contribution in [0, 0.1) is 0 Å². The molecule has 2 aromatic rings. The van der Waals surface area contributed by atoms with E-state index in [1.54, 1.807) is 42.5 Å². The van der Waals surface area contributed by atoms with Crippen molar-refractivity contribution in [1.29, 1.82) is 0 Å². The summed E-state index contributed by atoms with van der Waals surface area (Å²) in [6.07, 6.45) is 0. The van der Waals surface area contributed by atoms with Gasteiger partial charge < -0.3 is 11.1 Å². The number of para-hydroxylation sites is 2. The number of nitrogens with two attached hydrogens (primary N) is 1. The zero-order valence-electron chi connectivity index (χ0n) is 10.8. The molecule has 0 saturated carbocycles. The van der Waals surface area contributed by atoms with E-state index in [0.717, 1.165) is 0 Å². The summed E-state index contributed by atoms with van der Waals surface area (Å²) in [5.74, 6) is -0.113. The second-order valence-corrected chi connectivity index (χ2v) is 4.83. The molecule has 4 N–H and O–H groups in total. The Morgan fingerprint density at radius 3 is 2.24 bits per heavy atom. The highest BCUT2D eigenvalue weighted by atomic mass is 35.5. The summed E-state index contributed by atoms with van der Waals surface area (Å²) < 4.78 is 0. The molecule has 0 bridgehead atoms. The van der Waals surface area contributed by atoms with Gasteiger partial charge in [-0.25, -0.2) is 9.79 Å². The molecule has 7 heteroatoms. The minimum atomic E-state index is -0.509. The standard InChI is InChI=1S/C14H12Cl2N4O/c15-10-7-4-8-11(16)12(10)19-13(17)20-14(21)18-9-5-2-1-3-6-9/h1-8H,(H4,17,18,19,20,21). The van der Waals surface area contributed by atoms with E-state index in [0.29, 0.717) is 21.4 Å². The van der Waals surface area contributed by atoms with Crippen LogP contribution in [0.1, 0.15) is 0 Å². The van der Waals surface area contributed by atoms with Crippen LogP contribution in [-0.2, 0) is 0 Å². The molecule has 2 aromatic carbocycles. The summed E-state index contributed by atoms with van der Waals surface area (Å²) >= 11 is 11.9. The maximum absolute atomic E-state index is 11.7. The predicted octanol–water partition coefficient (Wildman–Crippen LogP) is 3.76. The molecule has 108 valence electrons. The van der Waals surface area contributed by atoms with Crippen LogP contribution in [0.15, 0.2) is 53.5 Å². The van der Waals surface area contributed by atoms with Gasteiger partial charge in [0.15, 0.2) is 0 Å². The summed E-state index contributed by atoms with van der Waals surface area (Å²) in [6, 6.07) is 13.4. The van der Waals surface area contributed by atoms with Gasteiger partial charge in [0.05, 0.1) is 10.0 Å². The van der Waals surface area contributed by atoms with Gasteiger partial charge in [0, 0.05) is 5.69 Å². The molecule has 5 nitrogen and oxygen atoms in total. The number of carbonyl (C=O) groups is 1. The lowest BCUT2D eigenvalue weighted by atomic mass is 10.3. The molecule has 2 amide bonds. The van der Waals surface area contributed by atoms with Gasteiger partial charge >= 0.3 is 6.03 Å². The first-order chi connectivity index (χ1) is 10.1. The van der Waals surface area contributed by atoms with Crippen molar-refractivity contribution in [2.24, 2.45) is 10.7 Å². The van der Waals surface area contributed by atoms with Gasteiger partial charge in [-0.05, 0) is 24.3 Å². The van der Waals surface area contributed by atoms with E-state index in [9.17, 15) is 4.79 Å². The van der Waals surface area contributed by atoms with E-state index >= 15 is 0 Å². The van der Waals surface area contributed by atoms with E-state index in [2.05, 4.69) is 15.6 Å². The van der Waals surface area contributed by atoms with Crippen molar-refractivity contribution in [2.45, 2.75) is 0 Å². The lowest BCUT2D eigenvalue weighted by molar-refractivity contribution is 0.256. The number of benzene rings is 2. The number of rotatable bonds is 2. The number of guanidine groups is 1. The summed E-state index contributed by atoms with van der Waals surface area (Å²) in [5, 5.41) is 5.69. The zero-order valence-corrected chi connectivity index (χ0v) is 12.3. The van der Waals surface area contributed by atoms with Crippen LogP contribution in [0.3, 0.4) is 0 Å². The first kappa shape index (κ1) is 15.2. The van der Waals surface area contributed by atoms with Crippen molar-refractivity contribution in [3.63, 3.8) is 0 Å². The minimum absolute atomic E-state index is 0.113. The van der Waals surface area contributed by atoms with Crippen LogP contribution in [0.4, 0.5) is 16.2 Å². The smallest absolute Gasteiger partial charge is 0.325 e. The first-order valence-electron chi connectivity index (χ1n) is 5.97. The van der Waals surface area contributed by atoms with Crippen LogP contribution in [0.5, 0.6) is 0 Å². The van der Waals surface area contributed by atoms with E-state index in [1.807, 2.05) is 6.07 Å². The highest BCUT2D eigenvalue weighted by Crippen LogP contribution is 2.32. The minimum Gasteiger partial charge on any atom is -0.369 e. The Bertz CT molecular complexity index is 654. The SMILES string of the molecule is NC(=Nc1c(Cl)cccc1Cl)NC(=O)Nc1ccccc1. The molecular formula is C14H12Cl2N4O. The van der Waals surface area contributed by atoms with Gasteiger partial charge in [-0.2, -0.15) is 0 Å².